The zero-order valence-corrected chi connectivity index (χ0v) is 14.4. The number of carbonyl (C=O) groups excluding carboxylic acids is 2. The molecule has 0 spiro atoms. The number of rotatable bonds is 5. The third-order valence-corrected chi connectivity index (χ3v) is 4.47. The van der Waals surface area contributed by atoms with Gasteiger partial charge in [-0.3, -0.25) is 4.79 Å². The highest BCUT2D eigenvalue weighted by atomic mass is 32.2. The van der Waals surface area contributed by atoms with Crippen molar-refractivity contribution < 1.29 is 14.3 Å². The minimum absolute atomic E-state index is 0.00339. The number of amides is 1. The number of ether oxygens (including phenoxy) is 1. The van der Waals surface area contributed by atoms with Crippen LogP contribution in [0.2, 0.25) is 0 Å². The van der Waals surface area contributed by atoms with Gasteiger partial charge in [0.05, 0.1) is 7.11 Å². The van der Waals surface area contributed by atoms with Crippen LogP contribution in [-0.4, -0.2) is 37.3 Å². The monoisotopic (exact) mass is 323 g/mol. The number of hydrogen-bond donors (Lipinski definition) is 0. The predicted octanol–water partition coefficient (Wildman–Crippen LogP) is 4.15. The molecule has 1 saturated carbocycles. The summed E-state index contributed by atoms with van der Waals surface area (Å²) in [7, 11) is 4.83. The maximum Gasteiger partial charge on any atom is 0.330 e. The summed E-state index contributed by atoms with van der Waals surface area (Å²) in [6.07, 6.45) is 15.0. The van der Waals surface area contributed by atoms with Gasteiger partial charge in [0.1, 0.15) is 0 Å². The molecule has 0 aromatic heterocycles. The second-order valence-electron chi connectivity index (χ2n) is 5.47. The molecule has 1 fully saturated rings. The lowest BCUT2D eigenvalue weighted by Gasteiger charge is -2.19. The highest BCUT2D eigenvalue weighted by molar-refractivity contribution is 8.17. The maximum atomic E-state index is 11.9. The van der Waals surface area contributed by atoms with Crippen molar-refractivity contribution in [2.24, 2.45) is 5.92 Å². The average molecular weight is 323 g/mol. The van der Waals surface area contributed by atoms with Gasteiger partial charge >= 0.3 is 5.97 Å². The van der Waals surface area contributed by atoms with Gasteiger partial charge in [0, 0.05) is 25.1 Å². The summed E-state index contributed by atoms with van der Waals surface area (Å²) in [5.41, 5.74) is 0. The smallest absolute Gasteiger partial charge is 0.330 e. The number of allylic oxidation sites excluding steroid dienone is 4. The van der Waals surface area contributed by atoms with Crippen LogP contribution < -0.4 is 0 Å². The van der Waals surface area contributed by atoms with Gasteiger partial charge in [0.2, 0.25) is 0 Å². The molecule has 122 valence electrons. The molecular weight excluding hydrogens is 298 g/mol. The highest BCUT2D eigenvalue weighted by Crippen LogP contribution is 2.29. The quantitative estimate of drug-likeness (QED) is 0.433. The molecule has 0 aromatic carbocycles. The SMILES string of the molecule is COC(=O)\C=C/C=C\C(=C\C1CCCCC1)SC(=O)N(C)C. The van der Waals surface area contributed by atoms with Gasteiger partial charge in [0.15, 0.2) is 0 Å². The van der Waals surface area contributed by atoms with Crippen LogP contribution >= 0.6 is 11.8 Å². The van der Waals surface area contributed by atoms with Gasteiger partial charge in [-0.15, -0.1) is 0 Å². The molecule has 1 amide bonds. The molecule has 1 aliphatic rings. The third-order valence-electron chi connectivity index (χ3n) is 3.43. The van der Waals surface area contributed by atoms with E-state index in [1.54, 1.807) is 31.1 Å². The van der Waals surface area contributed by atoms with Crippen molar-refractivity contribution >= 4 is 23.0 Å². The summed E-state index contributed by atoms with van der Waals surface area (Å²) in [5.74, 6) is 0.153. The van der Waals surface area contributed by atoms with E-state index in [0.29, 0.717) is 5.92 Å². The first-order valence-electron chi connectivity index (χ1n) is 7.56. The predicted molar refractivity (Wildman–Crippen MR) is 91.6 cm³/mol. The molecule has 0 heterocycles. The average Bonchev–Trinajstić information content (AvgIpc) is 2.51. The van der Waals surface area contributed by atoms with Gasteiger partial charge in [-0.2, -0.15) is 0 Å². The topological polar surface area (TPSA) is 46.6 Å². The Balaban J connectivity index is 2.74. The molecule has 1 rings (SSSR count). The summed E-state index contributed by atoms with van der Waals surface area (Å²) < 4.78 is 4.53. The molecule has 0 unspecified atom stereocenters. The Hall–Kier alpha value is -1.49. The summed E-state index contributed by atoms with van der Waals surface area (Å²) in [6.45, 7) is 0. The zero-order chi connectivity index (χ0) is 16.4. The van der Waals surface area contributed by atoms with Gasteiger partial charge in [-0.1, -0.05) is 37.5 Å². The van der Waals surface area contributed by atoms with Gasteiger partial charge in [0.25, 0.3) is 5.24 Å². The fourth-order valence-electron chi connectivity index (χ4n) is 2.20. The number of nitrogens with zero attached hydrogens (tertiary/aromatic N) is 1. The Kier molecular flexibility index (Phi) is 8.67. The van der Waals surface area contributed by atoms with E-state index in [1.165, 1.54) is 57.1 Å². The number of hydrogen-bond acceptors (Lipinski definition) is 4. The van der Waals surface area contributed by atoms with Crippen molar-refractivity contribution in [3.05, 3.63) is 35.3 Å². The van der Waals surface area contributed by atoms with Crippen LogP contribution in [0.1, 0.15) is 32.1 Å². The number of thioether (sulfide) groups is 1. The molecule has 1 aliphatic carbocycles. The normalized spacial score (nSPS) is 17.1. The van der Waals surface area contributed by atoms with Crippen LogP contribution in [0.15, 0.2) is 35.3 Å². The van der Waals surface area contributed by atoms with E-state index >= 15 is 0 Å². The molecule has 0 radical (unpaired) electrons. The van der Waals surface area contributed by atoms with Crippen LogP contribution in [0.4, 0.5) is 4.79 Å². The molecule has 4 nitrogen and oxygen atoms in total. The lowest BCUT2D eigenvalue weighted by atomic mass is 9.89. The molecule has 0 aromatic rings. The Labute approximate surface area is 137 Å². The number of carbonyl (C=O) groups is 2. The number of esters is 1. The zero-order valence-electron chi connectivity index (χ0n) is 13.6. The third kappa shape index (κ3) is 7.50. The van der Waals surface area contributed by atoms with Crippen LogP contribution in [0.3, 0.4) is 0 Å². The van der Waals surface area contributed by atoms with E-state index in [9.17, 15) is 9.59 Å². The Morgan fingerprint density at radius 2 is 1.73 bits per heavy atom. The van der Waals surface area contributed by atoms with Crippen molar-refractivity contribution in [3.63, 3.8) is 0 Å². The van der Waals surface area contributed by atoms with E-state index in [2.05, 4.69) is 10.8 Å². The van der Waals surface area contributed by atoms with Gasteiger partial charge in [-0.05, 0) is 36.6 Å². The molecule has 0 aliphatic heterocycles. The van der Waals surface area contributed by atoms with E-state index < -0.39 is 0 Å². The minimum Gasteiger partial charge on any atom is -0.466 e. The second kappa shape index (κ2) is 10.3. The standard InChI is InChI=1S/C17H25NO3S/c1-18(2)17(20)22-15(11-7-8-12-16(19)21-3)13-14-9-5-4-6-10-14/h7-8,11-14H,4-6,9-10H2,1-3H3/b11-7-,12-8-,15-13-. The molecule has 22 heavy (non-hydrogen) atoms. The van der Waals surface area contributed by atoms with Gasteiger partial charge in [-0.25, -0.2) is 4.79 Å². The van der Waals surface area contributed by atoms with Gasteiger partial charge < -0.3 is 9.64 Å². The molecule has 0 atom stereocenters. The molecule has 5 heteroatoms. The second-order valence-corrected chi connectivity index (χ2v) is 6.50. The Bertz CT molecular complexity index is 461. The summed E-state index contributed by atoms with van der Waals surface area (Å²) >= 11 is 1.22. The first-order valence-corrected chi connectivity index (χ1v) is 8.38. The molecule has 0 bridgehead atoms. The van der Waals surface area contributed by atoms with Crippen LogP contribution in [0, 0.1) is 5.92 Å². The lowest BCUT2D eigenvalue weighted by Crippen LogP contribution is -2.16. The van der Waals surface area contributed by atoms with Crippen molar-refractivity contribution in [2.45, 2.75) is 32.1 Å². The maximum absolute atomic E-state index is 11.9. The minimum atomic E-state index is -0.389. The van der Waals surface area contributed by atoms with Crippen molar-refractivity contribution in [1.82, 2.24) is 4.90 Å². The highest BCUT2D eigenvalue weighted by Gasteiger charge is 2.13. The van der Waals surface area contributed by atoms with Crippen molar-refractivity contribution in [1.29, 1.82) is 0 Å². The van der Waals surface area contributed by atoms with E-state index in [0.717, 1.165) is 4.91 Å². The van der Waals surface area contributed by atoms with Crippen LogP contribution in [-0.2, 0) is 9.53 Å². The van der Waals surface area contributed by atoms with E-state index in [-0.39, 0.29) is 11.2 Å². The molecule has 0 saturated heterocycles. The van der Waals surface area contributed by atoms with Crippen LogP contribution in [0.25, 0.3) is 0 Å². The Morgan fingerprint density at radius 1 is 1.09 bits per heavy atom. The van der Waals surface area contributed by atoms with Crippen molar-refractivity contribution in [3.8, 4) is 0 Å². The molecular formula is C17H25NO3S. The lowest BCUT2D eigenvalue weighted by molar-refractivity contribution is -0.134. The fourth-order valence-corrected chi connectivity index (χ4v) is 2.99. The first-order chi connectivity index (χ1) is 10.5. The molecule has 0 N–H and O–H groups in total. The Morgan fingerprint density at radius 3 is 2.32 bits per heavy atom. The van der Waals surface area contributed by atoms with E-state index in [4.69, 9.17) is 0 Å². The van der Waals surface area contributed by atoms with Crippen molar-refractivity contribution in [2.75, 3.05) is 21.2 Å². The summed E-state index contributed by atoms with van der Waals surface area (Å²) in [6, 6.07) is 0. The largest absolute Gasteiger partial charge is 0.466 e. The summed E-state index contributed by atoms with van der Waals surface area (Å²) in [4.78, 5) is 25.4. The fraction of sp³-hybridized carbons (Fsp3) is 0.529. The number of methoxy groups -OCH3 is 1. The first kappa shape index (κ1) is 18.6. The van der Waals surface area contributed by atoms with Crippen LogP contribution in [0.5, 0.6) is 0 Å². The summed E-state index contributed by atoms with van der Waals surface area (Å²) in [5, 5.41) is 0.00339. The van der Waals surface area contributed by atoms with E-state index in [1.807, 2.05) is 6.08 Å².